The second-order valence-corrected chi connectivity index (χ2v) is 9.13. The average Bonchev–Trinajstić information content (AvgIpc) is 3.50. The first-order valence-corrected chi connectivity index (χ1v) is 10.6. The van der Waals surface area contributed by atoms with Gasteiger partial charge in [0.05, 0.1) is 19.7 Å². The molecular weight excluding hydrogens is 370 g/mol. The molecule has 1 aromatic rings. The highest BCUT2D eigenvalue weighted by Crippen LogP contribution is 2.53. The number of rotatable bonds is 5. The first-order chi connectivity index (χ1) is 13.9. The summed E-state index contributed by atoms with van der Waals surface area (Å²) in [5.41, 5.74) is 1.14. The van der Waals surface area contributed by atoms with Crippen LogP contribution in [-0.4, -0.2) is 90.4 Å². The number of hydrogen-bond acceptors (Lipinski definition) is 5. The molecule has 0 radical (unpaired) electrons. The Labute approximate surface area is 172 Å². The van der Waals surface area contributed by atoms with Crippen LogP contribution in [0.5, 0.6) is 0 Å². The van der Waals surface area contributed by atoms with Crippen LogP contribution in [-0.2, 0) is 16.1 Å². The number of amides is 2. The first-order valence-electron chi connectivity index (χ1n) is 10.6. The molecule has 1 N–H and O–H groups in total. The summed E-state index contributed by atoms with van der Waals surface area (Å²) in [5, 5.41) is 10.3. The summed E-state index contributed by atoms with van der Waals surface area (Å²) in [6, 6.07) is 9.57. The molecule has 2 heterocycles. The summed E-state index contributed by atoms with van der Waals surface area (Å²) in [6.45, 7) is 4.61. The van der Waals surface area contributed by atoms with Gasteiger partial charge in [-0.05, 0) is 36.8 Å². The smallest absolute Gasteiger partial charge is 0.415 e. The molecular formula is C22H32N3O4+. The molecule has 29 heavy (non-hydrogen) atoms. The van der Waals surface area contributed by atoms with E-state index in [1.807, 2.05) is 35.2 Å². The van der Waals surface area contributed by atoms with Gasteiger partial charge in [-0.1, -0.05) is 30.3 Å². The molecule has 7 nitrogen and oxygen atoms in total. The number of aliphatic hydroxyl groups is 1. The second kappa shape index (κ2) is 8.05. The molecule has 2 aliphatic heterocycles. The number of carbonyl (C=O) groups is 2. The summed E-state index contributed by atoms with van der Waals surface area (Å²) in [7, 11) is 1.78. The number of aliphatic hydroxyl groups excluding tert-OH is 1. The van der Waals surface area contributed by atoms with Crippen molar-refractivity contribution in [2.75, 3.05) is 52.9 Å². The zero-order valence-electron chi connectivity index (χ0n) is 17.3. The lowest BCUT2D eigenvalue weighted by molar-refractivity contribution is -0.833. The van der Waals surface area contributed by atoms with Crippen LogP contribution in [0.25, 0.3) is 0 Å². The average molecular weight is 403 g/mol. The Kier molecular flexibility index (Phi) is 5.64. The molecule has 1 aromatic carbocycles. The fourth-order valence-electron chi connectivity index (χ4n) is 4.50. The van der Waals surface area contributed by atoms with Crippen LogP contribution in [0, 0.1) is 5.41 Å². The molecule has 0 bridgehead atoms. The number of β-amino-alcohol motifs (C(OH)–C–C–N with tert-alkyl or cyclic N) is 1. The Hall–Kier alpha value is -1.96. The summed E-state index contributed by atoms with van der Waals surface area (Å²) in [4.78, 5) is 29.4. The lowest BCUT2D eigenvalue weighted by atomic mass is 9.90. The molecule has 7 heteroatoms. The van der Waals surface area contributed by atoms with Crippen LogP contribution in [0.3, 0.4) is 0 Å². The Balaban J connectivity index is 1.23. The molecule has 1 aliphatic carbocycles. The Morgan fingerprint density at radius 2 is 1.97 bits per heavy atom. The predicted octanol–water partition coefficient (Wildman–Crippen LogP) is 1.46. The highest BCUT2D eigenvalue weighted by molar-refractivity contribution is 5.80. The zero-order valence-corrected chi connectivity index (χ0v) is 17.3. The minimum absolute atomic E-state index is 0.00683. The van der Waals surface area contributed by atoms with Crippen molar-refractivity contribution in [1.29, 1.82) is 0 Å². The number of nitrogens with zero attached hydrogens (tertiary/aromatic N) is 3. The molecule has 158 valence electrons. The largest absolute Gasteiger partial charge is 0.516 e. The van der Waals surface area contributed by atoms with Gasteiger partial charge in [0.25, 0.3) is 5.91 Å². The maximum atomic E-state index is 12.7. The molecule has 0 aromatic heterocycles. The van der Waals surface area contributed by atoms with Crippen molar-refractivity contribution >= 4 is 12.0 Å². The maximum Gasteiger partial charge on any atom is 0.516 e. The van der Waals surface area contributed by atoms with Crippen LogP contribution in [0.4, 0.5) is 4.79 Å². The third-order valence-corrected chi connectivity index (χ3v) is 6.99. The van der Waals surface area contributed by atoms with E-state index in [2.05, 4.69) is 4.90 Å². The third kappa shape index (κ3) is 4.47. The standard InChI is InChI=1S/C22H32N3O4/c1-25(21(28)29-17-18-5-3-2-4-6-18)14-13-24(20(27)16-25)12-11-23-10-9-22(7-8-22)19(26)15-23/h2-6,19,26H,7-17H2,1H3/q+1/t19-,25+/m1/s1. The van der Waals surface area contributed by atoms with E-state index in [0.29, 0.717) is 26.2 Å². The minimum Gasteiger partial charge on any atom is -0.415 e. The number of ether oxygens (including phenoxy) is 1. The number of carbonyl (C=O) groups excluding carboxylic acids is 2. The van der Waals surface area contributed by atoms with E-state index >= 15 is 0 Å². The van der Waals surface area contributed by atoms with Crippen molar-refractivity contribution in [3.05, 3.63) is 35.9 Å². The van der Waals surface area contributed by atoms with Crippen molar-refractivity contribution < 1.29 is 23.9 Å². The molecule has 0 unspecified atom stereocenters. The van der Waals surface area contributed by atoms with E-state index in [9.17, 15) is 14.7 Å². The van der Waals surface area contributed by atoms with Crippen molar-refractivity contribution in [3.8, 4) is 0 Å². The van der Waals surface area contributed by atoms with Crippen LogP contribution < -0.4 is 0 Å². The molecule has 2 atom stereocenters. The van der Waals surface area contributed by atoms with Crippen molar-refractivity contribution in [3.63, 3.8) is 0 Å². The molecule has 2 saturated heterocycles. The van der Waals surface area contributed by atoms with Crippen LogP contribution >= 0.6 is 0 Å². The first kappa shape index (κ1) is 20.3. The van der Waals surface area contributed by atoms with Gasteiger partial charge in [-0.15, -0.1) is 0 Å². The van der Waals surface area contributed by atoms with Crippen molar-refractivity contribution in [2.24, 2.45) is 5.41 Å². The topological polar surface area (TPSA) is 70.1 Å². The predicted molar refractivity (Wildman–Crippen MR) is 108 cm³/mol. The molecule has 1 spiro atoms. The van der Waals surface area contributed by atoms with Crippen molar-refractivity contribution in [1.82, 2.24) is 9.80 Å². The van der Waals surface area contributed by atoms with E-state index in [1.54, 1.807) is 7.05 Å². The Morgan fingerprint density at radius 1 is 1.21 bits per heavy atom. The van der Waals surface area contributed by atoms with Gasteiger partial charge in [0.2, 0.25) is 0 Å². The van der Waals surface area contributed by atoms with Crippen LogP contribution in [0.15, 0.2) is 30.3 Å². The van der Waals surface area contributed by atoms with E-state index in [-0.39, 0.29) is 41.2 Å². The van der Waals surface area contributed by atoms with Gasteiger partial charge < -0.3 is 14.7 Å². The van der Waals surface area contributed by atoms with Gasteiger partial charge in [-0.25, -0.2) is 4.48 Å². The lowest BCUT2D eigenvalue weighted by Gasteiger charge is -2.40. The summed E-state index contributed by atoms with van der Waals surface area (Å²) in [5.74, 6) is -0.00775. The number of hydrogen-bond donors (Lipinski definition) is 1. The molecule has 4 rings (SSSR count). The van der Waals surface area contributed by atoms with Gasteiger partial charge in [0, 0.05) is 19.6 Å². The number of piperazine rings is 1. The van der Waals surface area contributed by atoms with Crippen molar-refractivity contribution in [2.45, 2.75) is 32.0 Å². The van der Waals surface area contributed by atoms with Gasteiger partial charge >= 0.3 is 6.09 Å². The molecule has 3 aliphatic rings. The summed E-state index contributed by atoms with van der Waals surface area (Å²) in [6.07, 6.45) is 2.79. The van der Waals surface area contributed by atoms with Crippen LogP contribution in [0.1, 0.15) is 24.8 Å². The highest BCUT2D eigenvalue weighted by atomic mass is 16.6. The van der Waals surface area contributed by atoms with E-state index in [0.717, 1.165) is 37.9 Å². The lowest BCUT2D eigenvalue weighted by Crippen LogP contribution is -2.63. The van der Waals surface area contributed by atoms with E-state index in [4.69, 9.17) is 4.74 Å². The van der Waals surface area contributed by atoms with Gasteiger partial charge in [0.1, 0.15) is 13.2 Å². The number of likely N-dealkylation sites (tertiary alicyclic amines) is 1. The fraction of sp³-hybridized carbons (Fsp3) is 0.636. The van der Waals surface area contributed by atoms with Crippen LogP contribution in [0.2, 0.25) is 0 Å². The van der Waals surface area contributed by atoms with Gasteiger partial charge in [0.15, 0.2) is 6.54 Å². The third-order valence-electron chi connectivity index (χ3n) is 6.99. The van der Waals surface area contributed by atoms with E-state index < -0.39 is 0 Å². The highest BCUT2D eigenvalue weighted by Gasteiger charge is 2.51. The number of piperidine rings is 1. The van der Waals surface area contributed by atoms with Gasteiger partial charge in [-0.2, -0.15) is 4.79 Å². The summed E-state index contributed by atoms with van der Waals surface area (Å²) < 4.78 is 5.47. The number of benzene rings is 1. The quantitative estimate of drug-likeness (QED) is 0.755. The maximum absolute atomic E-state index is 12.7. The second-order valence-electron chi connectivity index (χ2n) is 9.13. The van der Waals surface area contributed by atoms with Gasteiger partial charge in [-0.3, -0.25) is 9.69 Å². The fourth-order valence-corrected chi connectivity index (χ4v) is 4.50. The Morgan fingerprint density at radius 3 is 2.62 bits per heavy atom. The SMILES string of the molecule is C[N@+]1(C(=O)OCc2ccccc2)CCN(CCN2CCC3(CC3)[C@H](O)C2)C(=O)C1. The molecule has 1 saturated carbocycles. The number of quaternary nitrogens is 1. The minimum atomic E-state index is -0.351. The molecule has 3 fully saturated rings. The normalized spacial score (nSPS) is 29.1. The van der Waals surface area contributed by atoms with E-state index in [1.165, 1.54) is 0 Å². The zero-order chi connectivity index (χ0) is 20.5. The number of likely N-dealkylation sites (N-methyl/N-ethyl adjacent to an activating group) is 1. The molecule has 2 amide bonds. The summed E-state index contributed by atoms with van der Waals surface area (Å²) >= 11 is 0. The monoisotopic (exact) mass is 402 g/mol. The Bertz CT molecular complexity index is 752.